The second-order valence-corrected chi connectivity index (χ2v) is 11.7. The molecule has 1 aromatic heterocycles. The number of rotatable bonds is 3. The first-order chi connectivity index (χ1) is 17.1. The highest BCUT2D eigenvalue weighted by Crippen LogP contribution is 2.48. The van der Waals surface area contributed by atoms with Crippen LogP contribution in [0.25, 0.3) is 21.9 Å². The van der Waals surface area contributed by atoms with Crippen molar-refractivity contribution in [2.75, 3.05) is 4.90 Å². The van der Waals surface area contributed by atoms with E-state index in [0.717, 1.165) is 45.4 Å². The summed E-state index contributed by atoms with van der Waals surface area (Å²) in [5.74, 6) is 0.136. The summed E-state index contributed by atoms with van der Waals surface area (Å²) in [6.07, 6.45) is 2.31. The predicted molar refractivity (Wildman–Crippen MR) is 150 cm³/mol. The summed E-state index contributed by atoms with van der Waals surface area (Å²) >= 11 is 6.42. The molecule has 0 atom stereocenters. The van der Waals surface area contributed by atoms with Crippen molar-refractivity contribution in [3.63, 3.8) is 0 Å². The van der Waals surface area contributed by atoms with Crippen LogP contribution >= 0.6 is 11.6 Å². The number of phenolic OH excluding ortho intramolecular Hbond substituents is 1. The van der Waals surface area contributed by atoms with E-state index in [-0.39, 0.29) is 16.6 Å². The summed E-state index contributed by atoms with van der Waals surface area (Å²) in [5, 5.41) is 13.1. The first kappa shape index (κ1) is 23.0. The van der Waals surface area contributed by atoms with Crippen LogP contribution in [0.4, 0.5) is 17.1 Å². The van der Waals surface area contributed by atoms with Gasteiger partial charge in [0.2, 0.25) is 0 Å². The van der Waals surface area contributed by atoms with Gasteiger partial charge in [0.25, 0.3) is 0 Å². The third-order valence-corrected chi connectivity index (χ3v) is 8.06. The van der Waals surface area contributed by atoms with E-state index >= 15 is 0 Å². The van der Waals surface area contributed by atoms with Gasteiger partial charge in [-0.05, 0) is 83.3 Å². The molecule has 0 amide bonds. The van der Waals surface area contributed by atoms with E-state index in [0.29, 0.717) is 5.02 Å². The minimum Gasteiger partial charge on any atom is -0.508 e. The first-order valence-corrected chi connectivity index (χ1v) is 12.9. The number of halogens is 1. The standard InChI is InChI=1S/C32H30ClNO2/c1-31(2)13-14-32(3,4)28-19-22(9-11-27(28)31)34(23-15-20(33)16-24(35)17-23)21-10-12-30-26(18-21)25-7-5-6-8-29(25)36-30/h5-12,15-19,35H,13-14H2,1-4H3. The van der Waals surface area contributed by atoms with Gasteiger partial charge in [-0.2, -0.15) is 0 Å². The molecule has 0 bridgehead atoms. The molecule has 182 valence electrons. The Bertz CT molecular complexity index is 1610. The number of benzene rings is 4. The maximum Gasteiger partial charge on any atom is 0.135 e. The van der Waals surface area contributed by atoms with E-state index < -0.39 is 0 Å². The molecule has 4 aromatic carbocycles. The molecule has 36 heavy (non-hydrogen) atoms. The lowest BCUT2D eigenvalue weighted by molar-refractivity contribution is 0.332. The molecule has 1 N–H and O–H groups in total. The Morgan fingerprint density at radius 1 is 0.694 bits per heavy atom. The number of hydrogen-bond acceptors (Lipinski definition) is 3. The molecule has 4 heteroatoms. The molecule has 1 heterocycles. The van der Waals surface area contributed by atoms with Crippen molar-refractivity contribution >= 4 is 50.6 Å². The van der Waals surface area contributed by atoms with Crippen LogP contribution in [0.3, 0.4) is 0 Å². The molecular formula is C32H30ClNO2. The fraction of sp³-hybridized carbons (Fsp3) is 0.250. The molecule has 0 aliphatic heterocycles. The molecule has 0 unspecified atom stereocenters. The van der Waals surface area contributed by atoms with Gasteiger partial charge in [-0.3, -0.25) is 0 Å². The molecule has 0 fully saturated rings. The SMILES string of the molecule is CC1(C)CCC(C)(C)c2cc(N(c3cc(O)cc(Cl)c3)c3ccc4oc5ccccc5c4c3)ccc21. The van der Waals surface area contributed by atoms with Crippen LogP contribution in [0, 0.1) is 0 Å². The Balaban J connectivity index is 1.60. The number of phenols is 1. The lowest BCUT2D eigenvalue weighted by Gasteiger charge is -2.42. The molecule has 1 aliphatic rings. The van der Waals surface area contributed by atoms with Crippen LogP contribution in [0.2, 0.25) is 5.02 Å². The summed E-state index contributed by atoms with van der Waals surface area (Å²) in [6, 6.07) is 26.4. The average Bonchev–Trinajstić information content (AvgIpc) is 3.20. The Morgan fingerprint density at radius 3 is 2.14 bits per heavy atom. The summed E-state index contributed by atoms with van der Waals surface area (Å²) in [5.41, 5.74) is 7.54. The summed E-state index contributed by atoms with van der Waals surface area (Å²) in [4.78, 5) is 2.17. The number of furan rings is 1. The van der Waals surface area contributed by atoms with Crippen molar-refractivity contribution < 1.29 is 9.52 Å². The van der Waals surface area contributed by atoms with Crippen LogP contribution in [0.5, 0.6) is 5.75 Å². The maximum absolute atomic E-state index is 10.4. The van der Waals surface area contributed by atoms with Gasteiger partial charge >= 0.3 is 0 Å². The van der Waals surface area contributed by atoms with E-state index in [4.69, 9.17) is 16.0 Å². The van der Waals surface area contributed by atoms with Crippen LogP contribution < -0.4 is 4.90 Å². The second-order valence-electron chi connectivity index (χ2n) is 11.3. The number of aromatic hydroxyl groups is 1. The fourth-order valence-corrected chi connectivity index (χ4v) is 5.93. The molecule has 0 saturated carbocycles. The fourth-order valence-electron chi connectivity index (χ4n) is 5.70. The van der Waals surface area contributed by atoms with E-state index in [2.05, 4.69) is 69.0 Å². The number of anilines is 3. The van der Waals surface area contributed by atoms with Crippen molar-refractivity contribution in [2.45, 2.75) is 51.4 Å². The molecule has 3 nitrogen and oxygen atoms in total. The normalized spacial score (nSPS) is 16.2. The number of para-hydroxylation sites is 1. The summed E-state index contributed by atoms with van der Waals surface area (Å²) in [7, 11) is 0. The van der Waals surface area contributed by atoms with Crippen LogP contribution in [-0.2, 0) is 10.8 Å². The third kappa shape index (κ3) is 3.74. The van der Waals surface area contributed by atoms with Crippen molar-refractivity contribution in [2.24, 2.45) is 0 Å². The van der Waals surface area contributed by atoms with E-state index in [1.807, 2.05) is 30.3 Å². The monoisotopic (exact) mass is 495 g/mol. The van der Waals surface area contributed by atoms with Gasteiger partial charge in [-0.25, -0.2) is 0 Å². The Kier molecular flexibility index (Phi) is 5.14. The zero-order chi connectivity index (χ0) is 25.2. The number of nitrogens with zero attached hydrogens (tertiary/aromatic N) is 1. The molecule has 6 rings (SSSR count). The van der Waals surface area contributed by atoms with Gasteiger partial charge in [-0.15, -0.1) is 0 Å². The molecule has 0 radical (unpaired) electrons. The number of hydrogen-bond donors (Lipinski definition) is 1. The van der Waals surface area contributed by atoms with Crippen molar-refractivity contribution in [1.82, 2.24) is 0 Å². The molecule has 5 aromatic rings. The Hall–Kier alpha value is -3.43. The van der Waals surface area contributed by atoms with Crippen molar-refractivity contribution in [3.8, 4) is 5.75 Å². The molecule has 0 saturated heterocycles. The zero-order valence-corrected chi connectivity index (χ0v) is 21.9. The Labute approximate surface area is 216 Å². The molecular weight excluding hydrogens is 466 g/mol. The topological polar surface area (TPSA) is 36.6 Å². The second kappa shape index (κ2) is 8.04. The van der Waals surface area contributed by atoms with Gasteiger partial charge < -0.3 is 14.4 Å². The first-order valence-electron chi connectivity index (χ1n) is 12.5. The van der Waals surface area contributed by atoms with Crippen LogP contribution in [0.15, 0.2) is 83.3 Å². The molecule has 1 aliphatic carbocycles. The van der Waals surface area contributed by atoms with E-state index in [9.17, 15) is 5.11 Å². The quantitative estimate of drug-likeness (QED) is 0.270. The van der Waals surface area contributed by atoms with Gasteiger partial charge in [0, 0.05) is 33.2 Å². The number of fused-ring (bicyclic) bond motifs is 4. The minimum absolute atomic E-state index is 0.0771. The lowest BCUT2D eigenvalue weighted by atomic mass is 9.63. The van der Waals surface area contributed by atoms with Crippen molar-refractivity contribution in [3.05, 3.63) is 95.0 Å². The average molecular weight is 496 g/mol. The summed E-state index contributed by atoms with van der Waals surface area (Å²) < 4.78 is 6.08. The van der Waals surface area contributed by atoms with Gasteiger partial charge in [0.15, 0.2) is 0 Å². The molecule has 0 spiro atoms. The van der Waals surface area contributed by atoms with Crippen LogP contribution in [0.1, 0.15) is 51.7 Å². The smallest absolute Gasteiger partial charge is 0.135 e. The largest absolute Gasteiger partial charge is 0.508 e. The van der Waals surface area contributed by atoms with Crippen LogP contribution in [-0.4, -0.2) is 5.11 Å². The third-order valence-electron chi connectivity index (χ3n) is 7.84. The zero-order valence-electron chi connectivity index (χ0n) is 21.1. The van der Waals surface area contributed by atoms with Gasteiger partial charge in [0.1, 0.15) is 16.9 Å². The van der Waals surface area contributed by atoms with Gasteiger partial charge in [-0.1, -0.05) is 63.6 Å². The van der Waals surface area contributed by atoms with E-state index in [1.165, 1.54) is 17.5 Å². The highest BCUT2D eigenvalue weighted by molar-refractivity contribution is 6.31. The van der Waals surface area contributed by atoms with Gasteiger partial charge in [0.05, 0.1) is 5.69 Å². The van der Waals surface area contributed by atoms with Crippen molar-refractivity contribution in [1.29, 1.82) is 0 Å². The maximum atomic E-state index is 10.4. The lowest BCUT2D eigenvalue weighted by Crippen LogP contribution is -2.34. The minimum atomic E-state index is 0.0771. The highest BCUT2D eigenvalue weighted by atomic mass is 35.5. The highest BCUT2D eigenvalue weighted by Gasteiger charge is 2.37. The predicted octanol–water partition coefficient (Wildman–Crippen LogP) is 9.76. The summed E-state index contributed by atoms with van der Waals surface area (Å²) in [6.45, 7) is 9.35. The van der Waals surface area contributed by atoms with E-state index in [1.54, 1.807) is 12.1 Å². The Morgan fingerprint density at radius 2 is 1.36 bits per heavy atom.